The zero-order chi connectivity index (χ0) is 21.9. The van der Waals surface area contributed by atoms with Crippen molar-refractivity contribution in [1.29, 1.82) is 0 Å². The predicted molar refractivity (Wildman–Crippen MR) is 118 cm³/mol. The van der Waals surface area contributed by atoms with Crippen molar-refractivity contribution in [3.05, 3.63) is 60.2 Å². The molecule has 0 N–H and O–H groups in total. The van der Waals surface area contributed by atoms with Crippen molar-refractivity contribution >= 4 is 23.6 Å². The fourth-order valence-corrected chi connectivity index (χ4v) is 2.71. The Labute approximate surface area is 178 Å². The minimum absolute atomic E-state index is 0.306. The summed E-state index contributed by atoms with van der Waals surface area (Å²) in [5.74, 6) is 0.386. The summed E-state index contributed by atoms with van der Waals surface area (Å²) in [6.07, 6.45) is 2.91. The van der Waals surface area contributed by atoms with E-state index in [9.17, 15) is 9.59 Å². The molecule has 0 aliphatic heterocycles. The topological polar surface area (TPSA) is 65.1 Å². The van der Waals surface area contributed by atoms with Crippen LogP contribution in [0.1, 0.15) is 32.8 Å². The number of hydrogen-bond acceptors (Lipinski definition) is 5. The van der Waals surface area contributed by atoms with Crippen molar-refractivity contribution in [2.24, 2.45) is 0 Å². The molecule has 30 heavy (non-hydrogen) atoms. The first kappa shape index (κ1) is 23.0. The first-order valence-electron chi connectivity index (χ1n) is 10.1. The Morgan fingerprint density at radius 3 is 2.43 bits per heavy atom. The molecule has 0 bridgehead atoms. The lowest BCUT2D eigenvalue weighted by molar-refractivity contribution is -0.148. The van der Waals surface area contributed by atoms with Crippen LogP contribution in [0.2, 0.25) is 0 Å². The Bertz CT molecular complexity index is 863. The lowest BCUT2D eigenvalue weighted by atomic mass is 10.2. The molecule has 0 saturated heterocycles. The molecule has 0 aliphatic rings. The monoisotopic (exact) mass is 411 g/mol. The number of benzene rings is 2. The van der Waals surface area contributed by atoms with E-state index < -0.39 is 12.1 Å². The maximum atomic E-state index is 12.5. The molecule has 0 spiro atoms. The van der Waals surface area contributed by atoms with Gasteiger partial charge in [0.05, 0.1) is 13.2 Å². The van der Waals surface area contributed by atoms with Gasteiger partial charge in [0.25, 0.3) is 5.91 Å². The second kappa shape index (κ2) is 11.7. The molecule has 0 heterocycles. The molecule has 0 aliphatic carbocycles. The number of para-hydroxylation sites is 1. The number of esters is 1. The summed E-state index contributed by atoms with van der Waals surface area (Å²) < 4.78 is 16.6. The Balaban J connectivity index is 1.99. The van der Waals surface area contributed by atoms with Crippen LogP contribution in [0.4, 0.5) is 5.69 Å². The van der Waals surface area contributed by atoms with Crippen LogP contribution in [0.3, 0.4) is 0 Å². The molecule has 1 atom stereocenters. The summed E-state index contributed by atoms with van der Waals surface area (Å²) in [4.78, 5) is 26.1. The van der Waals surface area contributed by atoms with Gasteiger partial charge in [-0.25, -0.2) is 4.79 Å². The normalized spacial score (nSPS) is 11.7. The van der Waals surface area contributed by atoms with Crippen LogP contribution in [0, 0.1) is 0 Å². The minimum Gasteiger partial charge on any atom is -0.490 e. The van der Waals surface area contributed by atoms with Crippen LogP contribution in [-0.4, -0.2) is 38.2 Å². The molecule has 0 aromatic heterocycles. The largest absolute Gasteiger partial charge is 0.490 e. The predicted octanol–water partition coefficient (Wildman–Crippen LogP) is 4.48. The van der Waals surface area contributed by atoms with Crippen molar-refractivity contribution in [3.63, 3.8) is 0 Å². The molecule has 2 aromatic carbocycles. The smallest absolute Gasteiger partial charge is 0.331 e. The third kappa shape index (κ3) is 6.65. The average Bonchev–Trinajstić information content (AvgIpc) is 2.76. The molecule has 0 radical (unpaired) electrons. The van der Waals surface area contributed by atoms with E-state index in [1.165, 1.54) is 11.0 Å². The van der Waals surface area contributed by atoms with E-state index in [2.05, 4.69) is 0 Å². The molecular formula is C24H29NO5. The van der Waals surface area contributed by atoms with Gasteiger partial charge in [-0.2, -0.15) is 0 Å². The second-order valence-corrected chi connectivity index (χ2v) is 6.63. The first-order chi connectivity index (χ1) is 14.5. The van der Waals surface area contributed by atoms with Crippen molar-refractivity contribution in [2.75, 3.05) is 25.2 Å². The first-order valence-corrected chi connectivity index (χ1v) is 10.1. The van der Waals surface area contributed by atoms with Gasteiger partial charge in [0, 0.05) is 18.8 Å². The van der Waals surface area contributed by atoms with Crippen LogP contribution in [0.5, 0.6) is 11.5 Å². The maximum Gasteiger partial charge on any atom is 0.331 e. The van der Waals surface area contributed by atoms with Gasteiger partial charge in [-0.3, -0.25) is 4.79 Å². The zero-order valence-electron chi connectivity index (χ0n) is 18.0. The molecule has 160 valence electrons. The molecule has 1 amide bonds. The second-order valence-electron chi connectivity index (χ2n) is 6.63. The number of carbonyl (C=O) groups excluding carboxylic acids is 2. The molecular weight excluding hydrogens is 382 g/mol. The van der Waals surface area contributed by atoms with Gasteiger partial charge in [-0.1, -0.05) is 31.2 Å². The number of nitrogens with zero attached hydrogens (tertiary/aromatic N) is 1. The summed E-state index contributed by atoms with van der Waals surface area (Å²) in [5, 5.41) is 0. The lowest BCUT2D eigenvalue weighted by Gasteiger charge is -2.21. The third-order valence-corrected chi connectivity index (χ3v) is 4.26. The van der Waals surface area contributed by atoms with Gasteiger partial charge >= 0.3 is 5.97 Å². The Hall–Kier alpha value is -3.28. The van der Waals surface area contributed by atoms with E-state index in [0.29, 0.717) is 24.7 Å². The van der Waals surface area contributed by atoms with E-state index in [4.69, 9.17) is 14.2 Å². The van der Waals surface area contributed by atoms with E-state index >= 15 is 0 Å². The van der Waals surface area contributed by atoms with Crippen molar-refractivity contribution in [2.45, 2.75) is 33.3 Å². The van der Waals surface area contributed by atoms with Gasteiger partial charge in [-0.05, 0) is 56.2 Å². The van der Waals surface area contributed by atoms with E-state index in [0.717, 1.165) is 17.7 Å². The highest BCUT2D eigenvalue weighted by molar-refractivity contribution is 5.98. The van der Waals surface area contributed by atoms with E-state index in [1.54, 1.807) is 26.1 Å². The number of hydrogen-bond donors (Lipinski definition) is 0. The fourth-order valence-electron chi connectivity index (χ4n) is 2.71. The average molecular weight is 411 g/mol. The quantitative estimate of drug-likeness (QED) is 0.426. The Morgan fingerprint density at radius 1 is 1.03 bits per heavy atom. The van der Waals surface area contributed by atoms with Crippen LogP contribution < -0.4 is 14.4 Å². The lowest BCUT2D eigenvalue weighted by Crippen LogP contribution is -2.37. The molecule has 1 unspecified atom stereocenters. The highest BCUT2D eigenvalue weighted by atomic mass is 16.5. The molecule has 6 heteroatoms. The van der Waals surface area contributed by atoms with Gasteiger partial charge in [0.15, 0.2) is 17.6 Å². The summed E-state index contributed by atoms with van der Waals surface area (Å²) in [7, 11) is 1.65. The van der Waals surface area contributed by atoms with Crippen LogP contribution in [-0.2, 0) is 14.3 Å². The number of amides is 1. The standard InChI is InChI=1S/C24H29NO5/c1-5-16-29-21-14-12-19(17-22(21)28-6-2)13-15-23(26)30-18(3)24(27)25(4)20-10-8-7-9-11-20/h7-15,17-18H,5-6,16H2,1-4H3/b15-13+. The van der Waals surface area contributed by atoms with E-state index in [1.807, 2.05) is 56.3 Å². The highest BCUT2D eigenvalue weighted by Gasteiger charge is 2.21. The van der Waals surface area contributed by atoms with Crippen LogP contribution in [0.15, 0.2) is 54.6 Å². The minimum atomic E-state index is -0.906. The molecule has 2 rings (SSSR count). The summed E-state index contributed by atoms with van der Waals surface area (Å²) in [6, 6.07) is 14.6. The van der Waals surface area contributed by atoms with Crippen LogP contribution >= 0.6 is 0 Å². The third-order valence-electron chi connectivity index (χ3n) is 4.26. The fraction of sp³-hybridized carbons (Fsp3) is 0.333. The number of anilines is 1. The van der Waals surface area contributed by atoms with Crippen molar-refractivity contribution in [1.82, 2.24) is 0 Å². The van der Waals surface area contributed by atoms with Crippen molar-refractivity contribution in [3.8, 4) is 11.5 Å². The number of ether oxygens (including phenoxy) is 3. The summed E-state index contributed by atoms with van der Waals surface area (Å²) in [6.45, 7) is 6.60. The van der Waals surface area contributed by atoms with Gasteiger partial charge in [-0.15, -0.1) is 0 Å². The molecule has 0 saturated carbocycles. The van der Waals surface area contributed by atoms with Gasteiger partial charge < -0.3 is 19.1 Å². The van der Waals surface area contributed by atoms with Crippen molar-refractivity contribution < 1.29 is 23.8 Å². The summed E-state index contributed by atoms with van der Waals surface area (Å²) in [5.41, 5.74) is 1.49. The van der Waals surface area contributed by atoms with E-state index in [-0.39, 0.29) is 5.91 Å². The van der Waals surface area contributed by atoms with Gasteiger partial charge in [0.2, 0.25) is 0 Å². The number of likely N-dealkylation sites (N-methyl/N-ethyl adjacent to an activating group) is 1. The molecule has 6 nitrogen and oxygen atoms in total. The molecule has 2 aromatic rings. The number of carbonyl (C=O) groups is 2. The van der Waals surface area contributed by atoms with Crippen LogP contribution in [0.25, 0.3) is 6.08 Å². The Morgan fingerprint density at radius 2 is 1.77 bits per heavy atom. The summed E-state index contributed by atoms with van der Waals surface area (Å²) >= 11 is 0. The number of rotatable bonds is 10. The zero-order valence-corrected chi connectivity index (χ0v) is 18.0. The van der Waals surface area contributed by atoms with Gasteiger partial charge in [0.1, 0.15) is 0 Å². The highest BCUT2D eigenvalue weighted by Crippen LogP contribution is 2.29. The molecule has 0 fully saturated rings. The maximum absolute atomic E-state index is 12.5. The Kier molecular flexibility index (Phi) is 8.94. The SMILES string of the molecule is CCCOc1ccc(/C=C/C(=O)OC(C)C(=O)N(C)c2ccccc2)cc1OCC.